The molecule has 6 heteroatoms. The first-order valence-electron chi connectivity index (χ1n) is 7.82. The summed E-state index contributed by atoms with van der Waals surface area (Å²) in [5, 5.41) is 6.07. The van der Waals surface area contributed by atoms with Crippen molar-refractivity contribution in [3.8, 4) is 0 Å². The lowest BCUT2D eigenvalue weighted by atomic mass is 10.2. The van der Waals surface area contributed by atoms with Gasteiger partial charge in [-0.15, -0.1) is 0 Å². The Morgan fingerprint density at radius 1 is 1.13 bits per heavy atom. The first-order valence-corrected chi connectivity index (χ1v) is 7.82. The lowest BCUT2D eigenvalue weighted by Gasteiger charge is -2.12. The molecule has 0 unspecified atom stereocenters. The van der Waals surface area contributed by atoms with Crippen molar-refractivity contribution in [2.45, 2.75) is 38.3 Å². The molecule has 3 rings (SSSR count). The van der Waals surface area contributed by atoms with Crippen LogP contribution in [0.2, 0.25) is 0 Å². The van der Waals surface area contributed by atoms with Crippen molar-refractivity contribution >= 4 is 11.7 Å². The smallest absolute Gasteiger partial charge is 0.271 e. The van der Waals surface area contributed by atoms with E-state index in [0.717, 1.165) is 18.4 Å². The number of carbonyl (C=O) groups excluding carboxylic acids is 1. The molecule has 0 spiro atoms. The molecule has 1 aliphatic rings. The molecular formula is C17H19FN4O. The molecule has 5 nitrogen and oxygen atoms in total. The highest BCUT2D eigenvalue weighted by Gasteiger charge is 2.15. The van der Waals surface area contributed by atoms with Crippen molar-refractivity contribution < 1.29 is 9.18 Å². The number of carbonyl (C=O) groups is 1. The average molecular weight is 314 g/mol. The molecule has 0 saturated heterocycles. The van der Waals surface area contributed by atoms with Crippen LogP contribution in [0.1, 0.15) is 41.7 Å². The van der Waals surface area contributed by atoms with E-state index in [-0.39, 0.29) is 17.4 Å². The molecule has 1 amide bonds. The van der Waals surface area contributed by atoms with E-state index in [9.17, 15) is 9.18 Å². The Kier molecular flexibility index (Phi) is 4.80. The minimum absolute atomic E-state index is 0.268. The molecule has 0 aliphatic heterocycles. The van der Waals surface area contributed by atoms with Crippen molar-refractivity contribution in [2.75, 3.05) is 5.32 Å². The number of nitrogens with one attached hydrogen (secondary N) is 2. The fourth-order valence-electron chi connectivity index (χ4n) is 2.67. The van der Waals surface area contributed by atoms with Crippen LogP contribution >= 0.6 is 0 Å². The van der Waals surface area contributed by atoms with Crippen molar-refractivity contribution in [2.24, 2.45) is 0 Å². The van der Waals surface area contributed by atoms with Crippen LogP contribution in [-0.4, -0.2) is 21.9 Å². The minimum Gasteiger partial charge on any atom is -0.366 e. The fraction of sp³-hybridized carbons (Fsp3) is 0.353. The number of hydrogen-bond acceptors (Lipinski definition) is 4. The summed E-state index contributed by atoms with van der Waals surface area (Å²) in [6.45, 7) is 0.322. The second-order valence-corrected chi connectivity index (χ2v) is 5.72. The summed E-state index contributed by atoms with van der Waals surface area (Å²) in [5.74, 6) is 0.109. The zero-order valence-electron chi connectivity index (χ0n) is 12.8. The molecule has 1 fully saturated rings. The Bertz CT molecular complexity index is 651. The topological polar surface area (TPSA) is 66.9 Å². The van der Waals surface area contributed by atoms with Gasteiger partial charge < -0.3 is 10.6 Å². The first-order chi connectivity index (χ1) is 11.2. The van der Waals surface area contributed by atoms with Crippen LogP contribution in [0.15, 0.2) is 36.7 Å². The van der Waals surface area contributed by atoms with E-state index in [1.807, 2.05) is 0 Å². The molecule has 1 heterocycles. The van der Waals surface area contributed by atoms with E-state index in [1.54, 1.807) is 18.3 Å². The van der Waals surface area contributed by atoms with Gasteiger partial charge in [0.05, 0.1) is 12.4 Å². The predicted molar refractivity (Wildman–Crippen MR) is 85.5 cm³/mol. The second kappa shape index (κ2) is 7.17. The highest BCUT2D eigenvalue weighted by Crippen LogP contribution is 2.20. The van der Waals surface area contributed by atoms with E-state index >= 15 is 0 Å². The number of aromatic nitrogens is 2. The van der Waals surface area contributed by atoms with E-state index < -0.39 is 0 Å². The molecule has 0 atom stereocenters. The van der Waals surface area contributed by atoms with Crippen LogP contribution in [0.3, 0.4) is 0 Å². The van der Waals surface area contributed by atoms with Crippen LogP contribution in [-0.2, 0) is 6.54 Å². The number of nitrogens with zero attached hydrogens (tertiary/aromatic N) is 2. The molecule has 1 aromatic carbocycles. The number of amides is 1. The van der Waals surface area contributed by atoms with Gasteiger partial charge >= 0.3 is 0 Å². The van der Waals surface area contributed by atoms with Gasteiger partial charge in [-0.3, -0.25) is 4.79 Å². The van der Waals surface area contributed by atoms with Crippen molar-refractivity contribution in [3.05, 3.63) is 53.7 Å². The predicted octanol–water partition coefficient (Wildman–Crippen LogP) is 2.90. The van der Waals surface area contributed by atoms with Gasteiger partial charge in [0.1, 0.15) is 17.3 Å². The third-order valence-electron chi connectivity index (χ3n) is 3.96. The summed E-state index contributed by atoms with van der Waals surface area (Å²) >= 11 is 0. The summed E-state index contributed by atoms with van der Waals surface area (Å²) < 4.78 is 12.8. The third-order valence-corrected chi connectivity index (χ3v) is 3.96. The summed E-state index contributed by atoms with van der Waals surface area (Å²) in [7, 11) is 0. The Morgan fingerprint density at radius 2 is 1.87 bits per heavy atom. The van der Waals surface area contributed by atoms with Crippen LogP contribution < -0.4 is 10.6 Å². The number of anilines is 1. The molecule has 1 aliphatic carbocycles. The van der Waals surface area contributed by atoms with Crippen LogP contribution in [0, 0.1) is 5.82 Å². The van der Waals surface area contributed by atoms with Crippen molar-refractivity contribution in [1.29, 1.82) is 0 Å². The molecular weight excluding hydrogens is 295 g/mol. The molecule has 2 aromatic rings. The molecule has 23 heavy (non-hydrogen) atoms. The highest BCUT2D eigenvalue weighted by atomic mass is 19.1. The first kappa shape index (κ1) is 15.4. The molecule has 120 valence electrons. The normalized spacial score (nSPS) is 14.7. The third kappa shape index (κ3) is 4.25. The Hall–Kier alpha value is -2.50. The van der Waals surface area contributed by atoms with Gasteiger partial charge in [0, 0.05) is 12.6 Å². The minimum atomic E-state index is -0.297. The van der Waals surface area contributed by atoms with Crippen LogP contribution in [0.4, 0.5) is 10.2 Å². The maximum absolute atomic E-state index is 12.8. The maximum Gasteiger partial charge on any atom is 0.271 e. The number of benzene rings is 1. The van der Waals surface area contributed by atoms with Crippen molar-refractivity contribution in [1.82, 2.24) is 15.3 Å². The lowest BCUT2D eigenvalue weighted by molar-refractivity contribution is 0.0945. The zero-order valence-corrected chi connectivity index (χ0v) is 12.8. The monoisotopic (exact) mass is 314 g/mol. The molecule has 1 saturated carbocycles. The molecule has 0 bridgehead atoms. The van der Waals surface area contributed by atoms with Gasteiger partial charge in [-0.05, 0) is 30.5 Å². The van der Waals surface area contributed by atoms with Gasteiger partial charge in [-0.1, -0.05) is 25.0 Å². The largest absolute Gasteiger partial charge is 0.366 e. The molecule has 0 radical (unpaired) electrons. The van der Waals surface area contributed by atoms with Gasteiger partial charge in [-0.2, -0.15) is 0 Å². The summed E-state index contributed by atoms with van der Waals surface area (Å²) in [6.07, 6.45) is 7.86. The van der Waals surface area contributed by atoms with Crippen LogP contribution in [0.25, 0.3) is 0 Å². The van der Waals surface area contributed by atoms with E-state index in [4.69, 9.17) is 0 Å². The quantitative estimate of drug-likeness (QED) is 0.890. The standard InChI is InChI=1S/C17H19FN4O/c18-13-7-5-12(6-8-13)9-21-17(23)15-10-20-16(11-19-15)22-14-3-1-2-4-14/h5-8,10-11,14H,1-4,9H2,(H,20,22)(H,21,23). The van der Waals surface area contributed by atoms with Crippen molar-refractivity contribution in [3.63, 3.8) is 0 Å². The lowest BCUT2D eigenvalue weighted by Crippen LogP contribution is -2.24. The average Bonchev–Trinajstić information content (AvgIpc) is 3.08. The number of rotatable bonds is 5. The van der Waals surface area contributed by atoms with E-state index in [0.29, 0.717) is 18.4 Å². The summed E-state index contributed by atoms with van der Waals surface area (Å²) in [5.41, 5.74) is 1.09. The van der Waals surface area contributed by atoms with E-state index in [2.05, 4.69) is 20.6 Å². The summed E-state index contributed by atoms with van der Waals surface area (Å²) in [6, 6.07) is 6.46. The van der Waals surface area contributed by atoms with Gasteiger partial charge in [-0.25, -0.2) is 14.4 Å². The summed E-state index contributed by atoms with van der Waals surface area (Å²) in [4.78, 5) is 20.4. The SMILES string of the molecule is O=C(NCc1ccc(F)cc1)c1cnc(NC2CCCC2)cn1. The Labute approximate surface area is 134 Å². The van der Waals surface area contributed by atoms with Gasteiger partial charge in [0.2, 0.25) is 0 Å². The maximum atomic E-state index is 12.8. The van der Waals surface area contributed by atoms with Crippen LogP contribution in [0.5, 0.6) is 0 Å². The Balaban J connectivity index is 1.53. The second-order valence-electron chi connectivity index (χ2n) is 5.72. The highest BCUT2D eigenvalue weighted by molar-refractivity contribution is 5.91. The number of halogens is 1. The van der Waals surface area contributed by atoms with Gasteiger partial charge in [0.25, 0.3) is 5.91 Å². The fourth-order valence-corrected chi connectivity index (χ4v) is 2.67. The Morgan fingerprint density at radius 3 is 2.52 bits per heavy atom. The van der Waals surface area contributed by atoms with Gasteiger partial charge in [0.15, 0.2) is 0 Å². The zero-order chi connectivity index (χ0) is 16.1. The molecule has 2 N–H and O–H groups in total. The molecule has 1 aromatic heterocycles. The van der Waals surface area contributed by atoms with E-state index in [1.165, 1.54) is 31.2 Å². The number of hydrogen-bond donors (Lipinski definition) is 2.